The third-order valence-corrected chi connectivity index (χ3v) is 5.37. The second kappa shape index (κ2) is 8.49. The molecule has 4 atom stereocenters. The minimum absolute atomic E-state index is 0.159. The normalized spacial score (nSPS) is 22.8. The molecule has 1 aliphatic rings. The summed E-state index contributed by atoms with van der Waals surface area (Å²) in [5.74, 6) is -2.81. The highest BCUT2D eigenvalue weighted by Gasteiger charge is 2.44. The van der Waals surface area contributed by atoms with Gasteiger partial charge in [0.2, 0.25) is 6.54 Å². The van der Waals surface area contributed by atoms with Gasteiger partial charge < -0.3 is 10.1 Å². The Bertz CT molecular complexity index is 802. The minimum Gasteiger partial charge on any atom is -0.453 e. The number of amides is 1. The van der Waals surface area contributed by atoms with Crippen LogP contribution in [0, 0.1) is 41.7 Å². The molecule has 1 amide bonds. The van der Waals surface area contributed by atoms with Crippen LogP contribution >= 0.6 is 0 Å². The first-order valence-corrected chi connectivity index (χ1v) is 9.16. The summed E-state index contributed by atoms with van der Waals surface area (Å²) < 4.78 is 6.80. The topological polar surface area (TPSA) is 133 Å². The maximum absolute atomic E-state index is 12.3. The smallest absolute Gasteiger partial charge is 0.307 e. The molecule has 0 radical (unpaired) electrons. The van der Waals surface area contributed by atoms with Crippen molar-refractivity contribution < 1.29 is 24.0 Å². The molecule has 28 heavy (non-hydrogen) atoms. The van der Waals surface area contributed by atoms with Crippen LogP contribution in [0.2, 0.25) is 0 Å². The molecule has 0 spiro atoms. The van der Waals surface area contributed by atoms with Gasteiger partial charge >= 0.3 is 5.97 Å². The molecular weight excluding hydrogens is 368 g/mol. The highest BCUT2D eigenvalue weighted by Crippen LogP contribution is 2.36. The van der Waals surface area contributed by atoms with E-state index in [1.165, 1.54) is 6.92 Å². The lowest BCUT2D eigenvalue weighted by Crippen LogP contribution is -2.32. The first-order valence-electron chi connectivity index (χ1n) is 9.16. The number of aromatic nitrogens is 2. The average molecular weight is 394 g/mol. The van der Waals surface area contributed by atoms with Gasteiger partial charge in [0, 0.05) is 30.2 Å². The molecule has 1 fully saturated rings. The zero-order chi connectivity index (χ0) is 21.2. The second-order valence-electron chi connectivity index (χ2n) is 7.43. The molecule has 1 aromatic rings. The van der Waals surface area contributed by atoms with E-state index < -0.39 is 34.7 Å². The summed E-state index contributed by atoms with van der Waals surface area (Å²) in [7, 11) is 1.75. The molecule has 1 N–H and O–H groups in total. The SMILES string of the molecule is Cc1nn(C)c(C)c1NC(=O)[C@H](C)OC(=O)C[C@H]1C(=O)C[C@@H](C)[C@H]1C[N+](=O)[O-]. The number of esters is 1. The van der Waals surface area contributed by atoms with E-state index >= 15 is 0 Å². The molecule has 154 valence electrons. The van der Waals surface area contributed by atoms with E-state index in [1.54, 1.807) is 32.5 Å². The number of anilines is 1. The zero-order valence-corrected chi connectivity index (χ0v) is 16.7. The summed E-state index contributed by atoms with van der Waals surface area (Å²) in [6.07, 6.45) is -1.12. The van der Waals surface area contributed by atoms with Crippen LogP contribution in [0.25, 0.3) is 0 Å². The maximum atomic E-state index is 12.3. The molecule has 1 aliphatic carbocycles. The van der Waals surface area contributed by atoms with Crippen molar-refractivity contribution in [2.24, 2.45) is 24.8 Å². The van der Waals surface area contributed by atoms with E-state index in [2.05, 4.69) is 10.4 Å². The van der Waals surface area contributed by atoms with Crippen LogP contribution in [0.4, 0.5) is 5.69 Å². The number of hydrogen-bond donors (Lipinski definition) is 1. The molecule has 0 aliphatic heterocycles. The van der Waals surface area contributed by atoms with Crippen LogP contribution in [-0.2, 0) is 26.2 Å². The van der Waals surface area contributed by atoms with Crippen molar-refractivity contribution in [2.75, 3.05) is 11.9 Å². The molecular formula is C18H26N4O6. The molecule has 1 saturated carbocycles. The van der Waals surface area contributed by atoms with Crippen LogP contribution in [0.15, 0.2) is 0 Å². The van der Waals surface area contributed by atoms with Gasteiger partial charge in [-0.25, -0.2) is 0 Å². The summed E-state index contributed by atoms with van der Waals surface area (Å²) in [5.41, 5.74) is 1.96. The molecule has 0 unspecified atom stereocenters. The third-order valence-electron chi connectivity index (χ3n) is 5.37. The van der Waals surface area contributed by atoms with Crippen LogP contribution in [0.5, 0.6) is 0 Å². The first kappa shape index (κ1) is 21.5. The Balaban J connectivity index is 1.96. The predicted octanol–water partition coefficient (Wildman–Crippen LogP) is 1.42. The van der Waals surface area contributed by atoms with Crippen LogP contribution in [0.1, 0.15) is 38.1 Å². The quantitative estimate of drug-likeness (QED) is 0.420. The first-order chi connectivity index (χ1) is 13.0. The Hall–Kier alpha value is -2.78. The molecule has 10 heteroatoms. The Morgan fingerprint density at radius 1 is 1.43 bits per heavy atom. The van der Waals surface area contributed by atoms with Gasteiger partial charge in [0.15, 0.2) is 6.10 Å². The fraction of sp³-hybridized carbons (Fsp3) is 0.667. The standard InChI is InChI=1S/C18H26N4O6/c1-9-6-15(23)13(14(9)8-22(26)27)7-16(24)28-12(4)18(25)19-17-10(2)20-21(5)11(17)3/h9,12-14H,6-8H2,1-5H3,(H,19,25)/t9-,12+,13-,14-/m1/s1. The van der Waals surface area contributed by atoms with Gasteiger partial charge in [-0.05, 0) is 26.7 Å². The van der Waals surface area contributed by atoms with E-state index in [-0.39, 0.29) is 31.1 Å². The zero-order valence-electron chi connectivity index (χ0n) is 16.7. The van der Waals surface area contributed by atoms with E-state index in [4.69, 9.17) is 4.74 Å². The predicted molar refractivity (Wildman–Crippen MR) is 99.1 cm³/mol. The Labute approximate surface area is 162 Å². The van der Waals surface area contributed by atoms with Gasteiger partial charge in [-0.2, -0.15) is 5.10 Å². The van der Waals surface area contributed by atoms with Gasteiger partial charge in [-0.15, -0.1) is 0 Å². The number of Topliss-reactive ketones (excluding diaryl/α,β-unsaturated/α-hetero) is 1. The number of ketones is 1. The van der Waals surface area contributed by atoms with Crippen LogP contribution in [0.3, 0.4) is 0 Å². The van der Waals surface area contributed by atoms with Crippen molar-refractivity contribution in [3.05, 3.63) is 21.5 Å². The number of ether oxygens (including phenoxy) is 1. The lowest BCUT2D eigenvalue weighted by molar-refractivity contribution is -0.490. The highest BCUT2D eigenvalue weighted by atomic mass is 16.6. The van der Waals surface area contributed by atoms with Crippen LogP contribution < -0.4 is 5.32 Å². The van der Waals surface area contributed by atoms with E-state index in [0.717, 1.165) is 5.69 Å². The van der Waals surface area contributed by atoms with Crippen molar-refractivity contribution >= 4 is 23.3 Å². The van der Waals surface area contributed by atoms with Gasteiger partial charge in [0.25, 0.3) is 5.91 Å². The number of nitro groups is 1. The number of nitrogens with zero attached hydrogens (tertiary/aromatic N) is 3. The van der Waals surface area contributed by atoms with Gasteiger partial charge in [-0.3, -0.25) is 29.2 Å². The third kappa shape index (κ3) is 4.73. The highest BCUT2D eigenvalue weighted by molar-refractivity contribution is 5.96. The summed E-state index contributed by atoms with van der Waals surface area (Å²) in [5, 5.41) is 17.7. The minimum atomic E-state index is -1.07. The molecule has 1 aromatic heterocycles. The van der Waals surface area contributed by atoms with Crippen LogP contribution in [-0.4, -0.2) is 45.0 Å². The summed E-state index contributed by atoms with van der Waals surface area (Å²) in [4.78, 5) is 47.1. The lowest BCUT2D eigenvalue weighted by Gasteiger charge is -2.18. The summed E-state index contributed by atoms with van der Waals surface area (Å²) in [6, 6.07) is 0. The Morgan fingerprint density at radius 2 is 2.07 bits per heavy atom. The van der Waals surface area contributed by atoms with Crippen molar-refractivity contribution in [3.8, 4) is 0 Å². The number of aryl methyl sites for hydroxylation is 2. The number of rotatable bonds is 7. The number of carbonyl (C=O) groups is 3. The summed E-state index contributed by atoms with van der Waals surface area (Å²) >= 11 is 0. The largest absolute Gasteiger partial charge is 0.453 e. The molecule has 0 bridgehead atoms. The monoisotopic (exact) mass is 394 g/mol. The fourth-order valence-electron chi connectivity index (χ4n) is 3.66. The molecule has 10 nitrogen and oxygen atoms in total. The van der Waals surface area contributed by atoms with Crippen molar-refractivity contribution in [3.63, 3.8) is 0 Å². The van der Waals surface area contributed by atoms with Crippen molar-refractivity contribution in [1.82, 2.24) is 9.78 Å². The van der Waals surface area contributed by atoms with Gasteiger partial charge in [0.05, 0.1) is 23.5 Å². The van der Waals surface area contributed by atoms with Gasteiger partial charge in [0.1, 0.15) is 5.78 Å². The summed E-state index contributed by atoms with van der Waals surface area (Å²) in [6.45, 7) is 6.39. The van der Waals surface area contributed by atoms with Gasteiger partial charge in [-0.1, -0.05) is 6.92 Å². The van der Waals surface area contributed by atoms with Crippen molar-refractivity contribution in [2.45, 2.75) is 46.6 Å². The second-order valence-corrected chi connectivity index (χ2v) is 7.43. The van der Waals surface area contributed by atoms with E-state index in [0.29, 0.717) is 11.4 Å². The molecule has 0 aromatic carbocycles. The number of nitrogens with one attached hydrogen (secondary N) is 1. The number of carbonyl (C=O) groups excluding carboxylic acids is 3. The molecule has 2 rings (SSSR count). The van der Waals surface area contributed by atoms with E-state index in [1.807, 2.05) is 0 Å². The Morgan fingerprint density at radius 3 is 2.61 bits per heavy atom. The lowest BCUT2D eigenvalue weighted by atomic mass is 9.88. The maximum Gasteiger partial charge on any atom is 0.307 e. The molecule has 1 heterocycles. The van der Waals surface area contributed by atoms with E-state index in [9.17, 15) is 24.5 Å². The van der Waals surface area contributed by atoms with Crippen molar-refractivity contribution in [1.29, 1.82) is 0 Å². The molecule has 0 saturated heterocycles. The number of hydrogen-bond acceptors (Lipinski definition) is 7. The fourth-order valence-corrected chi connectivity index (χ4v) is 3.66. The Kier molecular flexibility index (Phi) is 6.52. The average Bonchev–Trinajstić information content (AvgIpc) is 2.97.